The van der Waals surface area contributed by atoms with Gasteiger partial charge in [0.15, 0.2) is 0 Å². The Morgan fingerprint density at radius 1 is 0.926 bits per heavy atom. The molecule has 4 rings (SSSR count). The zero-order chi connectivity index (χ0) is 18.5. The summed E-state index contributed by atoms with van der Waals surface area (Å²) in [5.41, 5.74) is 2.02. The number of rotatable bonds is 5. The van der Waals surface area contributed by atoms with Gasteiger partial charge >= 0.3 is 0 Å². The van der Waals surface area contributed by atoms with Gasteiger partial charge in [-0.25, -0.2) is 4.68 Å². The number of tetrazole rings is 1. The van der Waals surface area contributed by atoms with Gasteiger partial charge in [-0.1, -0.05) is 48.2 Å². The third-order valence-electron chi connectivity index (χ3n) is 3.83. The second kappa shape index (κ2) is 7.84. The molecule has 0 aliphatic rings. The number of aromatic nitrogens is 4. The topological polar surface area (TPSA) is 72.7 Å². The summed E-state index contributed by atoms with van der Waals surface area (Å²) in [6, 6.07) is 25.0. The van der Waals surface area contributed by atoms with E-state index in [0.29, 0.717) is 5.56 Å². The Bertz CT molecular complexity index is 1050. The van der Waals surface area contributed by atoms with E-state index in [4.69, 9.17) is 0 Å². The van der Waals surface area contributed by atoms with Gasteiger partial charge in [-0.05, 0) is 52.9 Å². The summed E-state index contributed by atoms with van der Waals surface area (Å²) < 4.78 is 1.51. The summed E-state index contributed by atoms with van der Waals surface area (Å²) in [5, 5.41) is 14.1. The number of para-hydroxylation sites is 1. The molecule has 3 aromatic carbocycles. The van der Waals surface area contributed by atoms with Crippen molar-refractivity contribution in [2.75, 3.05) is 5.32 Å². The largest absolute Gasteiger partial charge is 0.321 e. The quantitative estimate of drug-likeness (QED) is 0.571. The molecule has 6 nitrogen and oxygen atoms in total. The molecule has 7 heteroatoms. The molecule has 1 aromatic heterocycles. The molecular weight excluding hydrogens is 358 g/mol. The van der Waals surface area contributed by atoms with E-state index in [1.54, 1.807) is 30.0 Å². The maximum absolute atomic E-state index is 12.8. The second-order valence-corrected chi connectivity index (χ2v) is 6.79. The fraction of sp³-hybridized carbons (Fsp3) is 0. The smallest absolute Gasteiger partial charge is 0.255 e. The molecule has 1 N–H and O–H groups in total. The van der Waals surface area contributed by atoms with Crippen LogP contribution in [0.2, 0.25) is 0 Å². The Morgan fingerprint density at radius 2 is 1.74 bits per heavy atom. The van der Waals surface area contributed by atoms with Crippen LogP contribution in [-0.4, -0.2) is 26.1 Å². The Kier molecular flexibility index (Phi) is 4.93. The highest BCUT2D eigenvalue weighted by Gasteiger charge is 2.11. The molecule has 132 valence electrons. The summed E-state index contributed by atoms with van der Waals surface area (Å²) in [4.78, 5) is 14.9. The normalized spacial score (nSPS) is 10.5. The Hall–Kier alpha value is -3.45. The highest BCUT2D eigenvalue weighted by molar-refractivity contribution is 7.99. The van der Waals surface area contributed by atoms with Crippen molar-refractivity contribution in [1.29, 1.82) is 0 Å². The molecule has 0 spiro atoms. The SMILES string of the molecule is O=C(Nc1ccccc1Sc1ccccc1)c1cccc(-n2cnnn2)c1. The van der Waals surface area contributed by atoms with Gasteiger partial charge in [0.05, 0.1) is 11.4 Å². The van der Waals surface area contributed by atoms with Crippen LogP contribution in [0.5, 0.6) is 0 Å². The number of nitrogens with one attached hydrogen (secondary N) is 1. The van der Waals surface area contributed by atoms with Crippen molar-refractivity contribution in [2.24, 2.45) is 0 Å². The molecule has 1 heterocycles. The number of benzene rings is 3. The van der Waals surface area contributed by atoms with Crippen molar-refractivity contribution < 1.29 is 4.79 Å². The minimum Gasteiger partial charge on any atom is -0.321 e. The monoisotopic (exact) mass is 373 g/mol. The number of amides is 1. The highest BCUT2D eigenvalue weighted by Crippen LogP contribution is 2.33. The van der Waals surface area contributed by atoms with E-state index in [0.717, 1.165) is 21.2 Å². The van der Waals surface area contributed by atoms with Gasteiger partial charge in [-0.3, -0.25) is 4.79 Å². The molecule has 0 atom stereocenters. The van der Waals surface area contributed by atoms with Crippen molar-refractivity contribution in [3.05, 3.63) is 90.8 Å². The van der Waals surface area contributed by atoms with Crippen LogP contribution in [0.25, 0.3) is 5.69 Å². The number of hydrogen-bond donors (Lipinski definition) is 1. The third kappa shape index (κ3) is 4.04. The van der Waals surface area contributed by atoms with Gasteiger partial charge in [0, 0.05) is 15.4 Å². The number of nitrogens with zero attached hydrogens (tertiary/aromatic N) is 4. The number of anilines is 1. The molecule has 0 aliphatic carbocycles. The lowest BCUT2D eigenvalue weighted by Gasteiger charge is -2.11. The van der Waals surface area contributed by atoms with Crippen molar-refractivity contribution in [3.63, 3.8) is 0 Å². The van der Waals surface area contributed by atoms with E-state index < -0.39 is 0 Å². The summed E-state index contributed by atoms with van der Waals surface area (Å²) in [7, 11) is 0. The average Bonchev–Trinajstić information content (AvgIpc) is 3.25. The molecule has 0 unspecified atom stereocenters. The Balaban J connectivity index is 1.56. The minimum absolute atomic E-state index is 0.189. The van der Waals surface area contributed by atoms with E-state index >= 15 is 0 Å². The molecule has 0 saturated carbocycles. The summed E-state index contributed by atoms with van der Waals surface area (Å²) >= 11 is 1.61. The third-order valence-corrected chi connectivity index (χ3v) is 4.91. The zero-order valence-electron chi connectivity index (χ0n) is 14.2. The van der Waals surface area contributed by atoms with E-state index in [1.165, 1.54) is 11.0 Å². The van der Waals surface area contributed by atoms with Crippen LogP contribution in [0.15, 0.2) is 95.0 Å². The van der Waals surface area contributed by atoms with Gasteiger partial charge in [0.1, 0.15) is 6.33 Å². The van der Waals surface area contributed by atoms with Gasteiger partial charge in [-0.2, -0.15) is 0 Å². The molecule has 0 bridgehead atoms. The highest BCUT2D eigenvalue weighted by atomic mass is 32.2. The van der Waals surface area contributed by atoms with E-state index in [-0.39, 0.29) is 5.91 Å². The van der Waals surface area contributed by atoms with Crippen LogP contribution in [0.1, 0.15) is 10.4 Å². The van der Waals surface area contributed by atoms with Crippen LogP contribution in [0.3, 0.4) is 0 Å². The first-order valence-electron chi connectivity index (χ1n) is 8.26. The lowest BCUT2D eigenvalue weighted by Crippen LogP contribution is -2.13. The van der Waals surface area contributed by atoms with Gasteiger partial charge in [0.25, 0.3) is 5.91 Å². The lowest BCUT2D eigenvalue weighted by molar-refractivity contribution is 0.102. The number of carbonyl (C=O) groups excluding carboxylic acids is 1. The van der Waals surface area contributed by atoms with Crippen molar-refractivity contribution >= 4 is 23.4 Å². The van der Waals surface area contributed by atoms with Crippen LogP contribution < -0.4 is 5.32 Å². The molecule has 0 saturated heterocycles. The molecule has 1 amide bonds. The van der Waals surface area contributed by atoms with Gasteiger partial charge in [0.2, 0.25) is 0 Å². The maximum atomic E-state index is 12.8. The Labute approximate surface area is 160 Å². The molecular formula is C20H15N5OS. The fourth-order valence-electron chi connectivity index (χ4n) is 2.54. The van der Waals surface area contributed by atoms with Gasteiger partial charge < -0.3 is 5.32 Å². The molecule has 4 aromatic rings. The van der Waals surface area contributed by atoms with Crippen LogP contribution >= 0.6 is 11.8 Å². The standard InChI is InChI=1S/C20H15N5OS/c26-20(15-7-6-8-16(13-15)25-14-21-23-24-25)22-18-11-4-5-12-19(18)27-17-9-2-1-3-10-17/h1-14H,(H,22,26). The first kappa shape index (κ1) is 17.0. The Morgan fingerprint density at radius 3 is 2.56 bits per heavy atom. The fourth-order valence-corrected chi connectivity index (χ4v) is 3.46. The van der Waals surface area contributed by atoms with E-state index in [1.807, 2.05) is 60.7 Å². The summed E-state index contributed by atoms with van der Waals surface area (Å²) in [6.07, 6.45) is 1.49. The van der Waals surface area contributed by atoms with E-state index in [9.17, 15) is 4.79 Å². The molecule has 0 aliphatic heterocycles. The first-order chi connectivity index (χ1) is 13.3. The summed E-state index contributed by atoms with van der Waals surface area (Å²) in [5.74, 6) is -0.189. The van der Waals surface area contributed by atoms with Crippen LogP contribution in [0.4, 0.5) is 5.69 Å². The van der Waals surface area contributed by atoms with E-state index in [2.05, 4.69) is 20.8 Å². The average molecular weight is 373 g/mol. The van der Waals surface area contributed by atoms with Crippen molar-refractivity contribution in [2.45, 2.75) is 9.79 Å². The first-order valence-corrected chi connectivity index (χ1v) is 9.08. The molecule has 0 radical (unpaired) electrons. The van der Waals surface area contributed by atoms with Gasteiger partial charge in [-0.15, -0.1) is 5.10 Å². The number of hydrogen-bond acceptors (Lipinski definition) is 5. The zero-order valence-corrected chi connectivity index (χ0v) is 15.0. The molecule has 0 fully saturated rings. The van der Waals surface area contributed by atoms with Crippen LogP contribution in [0, 0.1) is 0 Å². The lowest BCUT2D eigenvalue weighted by atomic mass is 10.2. The molecule has 27 heavy (non-hydrogen) atoms. The van der Waals surface area contributed by atoms with Crippen molar-refractivity contribution in [1.82, 2.24) is 20.2 Å². The minimum atomic E-state index is -0.189. The predicted molar refractivity (Wildman–Crippen MR) is 104 cm³/mol. The maximum Gasteiger partial charge on any atom is 0.255 e. The van der Waals surface area contributed by atoms with Crippen molar-refractivity contribution in [3.8, 4) is 5.69 Å². The number of carbonyl (C=O) groups is 1. The van der Waals surface area contributed by atoms with Crippen LogP contribution in [-0.2, 0) is 0 Å². The second-order valence-electron chi connectivity index (χ2n) is 5.67. The predicted octanol–water partition coefficient (Wildman–Crippen LogP) is 4.07. The summed E-state index contributed by atoms with van der Waals surface area (Å²) in [6.45, 7) is 0.